The number of aldehydes is 1. The van der Waals surface area contributed by atoms with Crippen LogP contribution in [0.5, 0.6) is 17.2 Å². The Morgan fingerprint density at radius 1 is 0.556 bits per heavy atom. The van der Waals surface area contributed by atoms with Gasteiger partial charge in [-0.2, -0.15) is 0 Å². The molecule has 9 aliphatic rings. The summed E-state index contributed by atoms with van der Waals surface area (Å²) in [5.41, 5.74) is 12.9. The standard InChI is InChI=1S/C19H23N3O5Si.C19H24O6Si.C19H24O5Si.CH4.HI.H2/c1-28(2,3)7-6-27-19(26)17-15-12-8-10(23)4-5-11(12)13(9-14(15)24)16(17)18(25)21-22-20;1-26(2,3)7-6-25-19(24)17-15-12-8-10(20)4-5-11(12)13(9-14(15)21)16(17)18(22)23;1-25(2,3)7-6-24-19(23)18-15(10-20)13-9-16(22)17(18)14-8-11(21)4-5-12(13)14;;;/h4-5,8,13,15-17,23H,6-7,9H2,1-3H3;4-5,8,13,15-17,20H,6-7,9H2,1-3H3,(H,22,23);4-5,8,10,13,15,17-18,21H,6-7,9H2,1-3H3;1H4;2*1H/i;;;;;1+1. The number of ether oxygens (including phenoxy) is 3. The van der Waals surface area contributed by atoms with Gasteiger partial charge in [-0.25, -0.2) is 0 Å². The fourth-order valence-corrected chi connectivity index (χ4v) is 14.5. The number of esters is 3. The average molecular weight is 1290 g/mol. The summed E-state index contributed by atoms with van der Waals surface area (Å²) in [6.45, 7) is 20.3. The molecule has 19 nitrogen and oxygen atoms in total. The number of hydrogen-bond acceptors (Lipinski definition) is 15. The molecule has 0 spiro atoms. The van der Waals surface area contributed by atoms with Gasteiger partial charge in [0.15, 0.2) is 0 Å². The Balaban J connectivity index is 0.000000260. The summed E-state index contributed by atoms with van der Waals surface area (Å²) in [5.74, 6) is -13.0. The highest BCUT2D eigenvalue weighted by Gasteiger charge is 2.59. The van der Waals surface area contributed by atoms with Crippen LogP contribution in [0.1, 0.15) is 97.0 Å². The first kappa shape index (κ1) is 65.8. The van der Waals surface area contributed by atoms with Crippen LogP contribution < -0.4 is 0 Å². The number of carboxylic acid groups (broad SMARTS) is 1. The lowest BCUT2D eigenvalue weighted by Crippen LogP contribution is -2.50. The van der Waals surface area contributed by atoms with E-state index < -0.39 is 119 Å². The van der Waals surface area contributed by atoms with Crippen LogP contribution >= 0.6 is 24.0 Å². The topological polar surface area (TPSA) is 311 Å². The molecule has 9 aliphatic carbocycles. The number of halogens is 1. The molecule has 81 heavy (non-hydrogen) atoms. The van der Waals surface area contributed by atoms with E-state index in [0.717, 1.165) is 41.1 Å². The molecule has 4 N–H and O–H groups in total. The average Bonchev–Trinajstić information content (AvgIpc) is 3.35. The number of Topliss-reactive ketones (excluding diaryl/α,β-unsaturated/α-hetero) is 3. The first-order chi connectivity index (χ1) is 37.0. The van der Waals surface area contributed by atoms with Crippen LogP contribution in [0.15, 0.2) is 59.7 Å². The van der Waals surface area contributed by atoms with Crippen molar-refractivity contribution < 1.29 is 79.2 Å². The molecule has 0 aromatic heterocycles. The van der Waals surface area contributed by atoms with Gasteiger partial charge in [0.05, 0.1) is 61.2 Å². The highest BCUT2D eigenvalue weighted by molar-refractivity contribution is 14.0. The van der Waals surface area contributed by atoms with Crippen molar-refractivity contribution in [3.8, 4) is 17.2 Å². The maximum atomic E-state index is 12.9. The van der Waals surface area contributed by atoms with E-state index >= 15 is 0 Å². The maximum Gasteiger partial charge on any atom is 0.310 e. The van der Waals surface area contributed by atoms with Gasteiger partial charge in [0, 0.05) is 79.4 Å². The first-order valence-electron chi connectivity index (χ1n) is 26.8. The van der Waals surface area contributed by atoms with Crippen LogP contribution in [0.25, 0.3) is 10.4 Å². The number of hydrogen-bond donors (Lipinski definition) is 4. The van der Waals surface area contributed by atoms with Crippen molar-refractivity contribution in [1.29, 1.82) is 0 Å². The van der Waals surface area contributed by atoms with Crippen LogP contribution in [0.2, 0.25) is 77.1 Å². The second kappa shape index (κ2) is 26.1. The zero-order valence-corrected chi connectivity index (χ0v) is 51.8. The Morgan fingerprint density at radius 3 is 1.22 bits per heavy atom. The minimum absolute atomic E-state index is 0. The first-order valence-corrected chi connectivity index (χ1v) is 37.9. The van der Waals surface area contributed by atoms with Gasteiger partial charge in [0.1, 0.15) is 40.9 Å². The van der Waals surface area contributed by atoms with Crippen molar-refractivity contribution in [3.63, 3.8) is 0 Å². The smallest absolute Gasteiger partial charge is 0.310 e. The van der Waals surface area contributed by atoms with Gasteiger partial charge in [0.2, 0.25) is 5.91 Å². The number of benzene rings is 3. The Hall–Kier alpha value is -6.02. The molecule has 12 rings (SSSR count). The summed E-state index contributed by atoms with van der Waals surface area (Å²) in [6.07, 6.45) is 1.27. The minimum atomic E-state index is -1.43. The fraction of sp³-hybridized carbons (Fsp3) is 0.534. The lowest BCUT2D eigenvalue weighted by molar-refractivity contribution is -0.164. The monoisotopic (exact) mass is 1280 g/mol. The second-order valence-corrected chi connectivity index (χ2v) is 42.2. The molecule has 3 aromatic carbocycles. The molecule has 0 saturated heterocycles. The summed E-state index contributed by atoms with van der Waals surface area (Å²) >= 11 is 0. The Kier molecular flexibility index (Phi) is 21.2. The molecule has 0 radical (unpaired) electrons. The number of rotatable bonds is 15. The van der Waals surface area contributed by atoms with Crippen molar-refractivity contribution in [3.05, 3.63) is 98.4 Å². The van der Waals surface area contributed by atoms with Gasteiger partial charge in [0.25, 0.3) is 0 Å². The summed E-state index contributed by atoms with van der Waals surface area (Å²) in [5, 5.41) is 42.4. The largest absolute Gasteiger partial charge is 0.508 e. The zero-order chi connectivity index (χ0) is 58.2. The Bertz CT molecular complexity index is 3030. The number of fused-ring (bicyclic) bond motifs is 6. The zero-order valence-electron chi connectivity index (χ0n) is 46.5. The summed E-state index contributed by atoms with van der Waals surface area (Å²) < 4.78 is 16.3. The molecule has 3 fully saturated rings. The molecule has 1 amide bonds. The van der Waals surface area contributed by atoms with E-state index in [1.807, 2.05) is 0 Å². The molecule has 0 aliphatic heterocycles. The number of phenols is 3. The SMILES string of the molecule is C.C[Si](C)(C)CCOC(=O)C1C2C(=O)CC(c3ccc(O)cc32)C1C(=O)N=[N+]=[N-].C[Si](C)(C)CCOC(=O)C1C2C(=O)CC(c3ccc(O)cc32)C1C(=O)O.C[Si](C)(C)CCOC(=O)C1C2C(=O)CC(c3ccc(O)cc32)C1C=O.I.[2HH]. The van der Waals surface area contributed by atoms with Crippen molar-refractivity contribution in [2.75, 3.05) is 19.8 Å². The number of carbonyl (C=O) groups is 9. The molecule has 0 heterocycles. The van der Waals surface area contributed by atoms with Crippen molar-refractivity contribution >= 4 is 102 Å². The minimum Gasteiger partial charge on any atom is -0.508 e. The quantitative estimate of drug-likeness (QED) is 0.0161. The summed E-state index contributed by atoms with van der Waals surface area (Å²) in [7, 11) is -4.17. The third kappa shape index (κ3) is 14.4. The number of aliphatic carboxylic acids is 1. The third-order valence-electron chi connectivity index (χ3n) is 16.3. The number of nitrogens with zero attached hydrogens (tertiary/aromatic N) is 3. The van der Waals surface area contributed by atoms with Crippen LogP contribution in [0.4, 0.5) is 0 Å². The highest BCUT2D eigenvalue weighted by atomic mass is 127. The number of carboxylic acids is 1. The number of aromatic hydroxyl groups is 3. The number of phenolic OH excluding ortho intramolecular Hbond substituents is 3. The second-order valence-electron chi connectivity index (χ2n) is 25.3. The lowest BCUT2D eigenvalue weighted by Gasteiger charge is -2.46. The van der Waals surface area contributed by atoms with E-state index in [4.69, 9.17) is 19.7 Å². The predicted octanol–water partition coefficient (Wildman–Crippen LogP) is 10.6. The molecule has 23 heteroatoms. The van der Waals surface area contributed by atoms with E-state index in [2.05, 4.69) is 68.9 Å². The number of amides is 1. The van der Waals surface area contributed by atoms with Crippen molar-refractivity contribution in [1.82, 2.24) is 0 Å². The normalized spacial score (nSPS) is 26.1. The van der Waals surface area contributed by atoms with E-state index in [-0.39, 0.29) is 106 Å². The van der Waals surface area contributed by atoms with Gasteiger partial charge in [-0.1, -0.05) is 84.5 Å². The van der Waals surface area contributed by atoms with E-state index in [1.54, 1.807) is 30.3 Å². The molecule has 440 valence electrons. The summed E-state index contributed by atoms with van der Waals surface area (Å²) in [6, 6.07) is 16.5. The number of ketones is 3. The molecule has 12 unspecified atom stereocenters. The van der Waals surface area contributed by atoms with Crippen molar-refractivity contribution in [2.45, 2.75) is 139 Å². The maximum absolute atomic E-state index is 12.9. The van der Waals surface area contributed by atoms with Crippen LogP contribution in [-0.2, 0) is 57.4 Å². The molecular weight excluding hydrogens is 1210 g/mol. The van der Waals surface area contributed by atoms with Gasteiger partial charge in [-0.3, -0.25) is 38.4 Å². The van der Waals surface area contributed by atoms with Gasteiger partial charge >= 0.3 is 23.9 Å². The summed E-state index contributed by atoms with van der Waals surface area (Å²) in [4.78, 5) is 115. The van der Waals surface area contributed by atoms with Gasteiger partial charge in [-0.15, -0.1) is 24.0 Å². The Morgan fingerprint density at radius 2 is 0.877 bits per heavy atom. The molecule has 3 aromatic rings. The number of carbonyl (C=O) groups excluding carboxylic acids is 8. The molecule has 3 saturated carbocycles. The predicted molar refractivity (Wildman–Crippen MR) is 320 cm³/mol. The fourth-order valence-electron chi connectivity index (χ4n) is 12.4. The van der Waals surface area contributed by atoms with Crippen molar-refractivity contribution in [2.24, 2.45) is 40.6 Å². The van der Waals surface area contributed by atoms with Crippen LogP contribution in [-0.4, -0.2) is 118 Å². The lowest BCUT2D eigenvalue weighted by atomic mass is 9.55. The van der Waals surface area contributed by atoms with E-state index in [0.29, 0.717) is 23.3 Å². The Labute approximate surface area is 493 Å². The molecule has 12 atom stereocenters. The number of azide groups is 1. The van der Waals surface area contributed by atoms with E-state index in [9.17, 15) is 63.6 Å². The third-order valence-corrected chi connectivity index (χ3v) is 21.4. The highest BCUT2D eigenvalue weighted by Crippen LogP contribution is 2.58. The van der Waals surface area contributed by atoms with Crippen LogP contribution in [0, 0.1) is 35.5 Å². The molecular formula is C58H78IN3O16Si3. The van der Waals surface area contributed by atoms with Crippen LogP contribution in [0.3, 0.4) is 0 Å². The van der Waals surface area contributed by atoms with E-state index in [1.165, 1.54) is 24.3 Å². The molecule has 6 bridgehead atoms. The van der Waals surface area contributed by atoms with Gasteiger partial charge < -0.3 is 39.4 Å². The van der Waals surface area contributed by atoms with Gasteiger partial charge in [-0.05, 0) is 98.6 Å².